The molecule has 84 valence electrons. The van der Waals surface area contributed by atoms with Crippen LogP contribution in [0.5, 0.6) is 0 Å². The Morgan fingerprint density at radius 2 is 1.86 bits per heavy atom. The summed E-state index contributed by atoms with van der Waals surface area (Å²) < 4.78 is 0. The summed E-state index contributed by atoms with van der Waals surface area (Å²) in [6.07, 6.45) is 4.25. The zero-order valence-electron chi connectivity index (χ0n) is 10.3. The van der Waals surface area contributed by atoms with Crippen molar-refractivity contribution in [2.75, 3.05) is 33.2 Å². The molecule has 0 aromatic carbocycles. The molecule has 0 aromatic heterocycles. The zero-order chi connectivity index (χ0) is 10.6. The molecule has 2 heteroatoms. The fraction of sp³-hybridized carbons (Fsp3) is 1.00. The van der Waals surface area contributed by atoms with E-state index in [1.807, 2.05) is 13.8 Å². The molecule has 1 unspecified atom stereocenters. The van der Waals surface area contributed by atoms with E-state index in [0.29, 0.717) is 5.54 Å². The molecule has 1 atom stereocenters. The molecule has 2 rings (SSSR count). The van der Waals surface area contributed by atoms with Crippen LogP contribution in [0.15, 0.2) is 0 Å². The van der Waals surface area contributed by atoms with Crippen LogP contribution in [0.3, 0.4) is 0 Å². The van der Waals surface area contributed by atoms with Crippen molar-refractivity contribution >= 4 is 0 Å². The number of hydrogen-bond acceptors (Lipinski definition) is 2. The van der Waals surface area contributed by atoms with E-state index < -0.39 is 0 Å². The molecule has 0 N–H and O–H groups in total. The van der Waals surface area contributed by atoms with E-state index in [9.17, 15) is 0 Å². The number of likely N-dealkylation sites (tertiary alicyclic amines) is 2. The Bertz CT molecular complexity index is 170. The van der Waals surface area contributed by atoms with Gasteiger partial charge in [-0.3, -0.25) is 4.90 Å². The molecular formula is C12H26N2. The lowest BCUT2D eigenvalue weighted by molar-refractivity contribution is 0.152. The highest BCUT2D eigenvalue weighted by atomic mass is 15.3. The molecule has 0 saturated carbocycles. The number of rotatable bonds is 1. The van der Waals surface area contributed by atoms with Crippen LogP contribution in [-0.2, 0) is 0 Å². The molecule has 2 heterocycles. The Hall–Kier alpha value is -0.0800. The highest BCUT2D eigenvalue weighted by molar-refractivity contribution is 5.01. The highest BCUT2D eigenvalue weighted by Crippen LogP contribution is 2.36. The van der Waals surface area contributed by atoms with E-state index in [1.54, 1.807) is 0 Å². The van der Waals surface area contributed by atoms with Gasteiger partial charge in [-0.2, -0.15) is 0 Å². The van der Waals surface area contributed by atoms with Crippen LogP contribution >= 0.6 is 0 Å². The molecule has 0 amide bonds. The van der Waals surface area contributed by atoms with Gasteiger partial charge < -0.3 is 4.90 Å². The molecule has 0 aromatic rings. The van der Waals surface area contributed by atoms with E-state index >= 15 is 0 Å². The predicted molar refractivity (Wildman–Crippen MR) is 62.7 cm³/mol. The second-order valence-corrected chi connectivity index (χ2v) is 4.40. The maximum Gasteiger partial charge on any atom is 0.0348 e. The molecule has 2 aliphatic heterocycles. The monoisotopic (exact) mass is 198 g/mol. The van der Waals surface area contributed by atoms with Crippen molar-refractivity contribution in [1.29, 1.82) is 0 Å². The average Bonchev–Trinajstić information content (AvgIpc) is 2.78. The molecule has 1 spiro atoms. The Balaban J connectivity index is 0.000000461. The fourth-order valence-corrected chi connectivity index (χ4v) is 3.01. The molecule has 0 bridgehead atoms. The minimum absolute atomic E-state index is 0.587. The van der Waals surface area contributed by atoms with Crippen LogP contribution in [0.25, 0.3) is 0 Å². The van der Waals surface area contributed by atoms with Gasteiger partial charge in [-0.1, -0.05) is 20.8 Å². The first kappa shape index (κ1) is 12.0. The SMILES string of the molecule is CC.CCN1CCCC12CCN(C)C2. The lowest BCUT2D eigenvalue weighted by Gasteiger charge is -2.34. The van der Waals surface area contributed by atoms with Gasteiger partial charge in [0.2, 0.25) is 0 Å². The quantitative estimate of drug-likeness (QED) is 0.637. The summed E-state index contributed by atoms with van der Waals surface area (Å²) in [4.78, 5) is 5.17. The second kappa shape index (κ2) is 5.13. The van der Waals surface area contributed by atoms with Crippen molar-refractivity contribution in [3.63, 3.8) is 0 Å². The standard InChI is InChI=1S/C10H20N2.C2H6/c1-3-12-7-4-5-10(12)6-8-11(2)9-10;1-2/h3-9H2,1-2H3;1-2H3. The summed E-state index contributed by atoms with van der Waals surface area (Å²) in [5, 5.41) is 0. The number of nitrogens with zero attached hydrogens (tertiary/aromatic N) is 2. The van der Waals surface area contributed by atoms with Crippen molar-refractivity contribution in [2.45, 2.75) is 45.6 Å². The minimum Gasteiger partial charge on any atom is -0.304 e. The van der Waals surface area contributed by atoms with Gasteiger partial charge in [-0.05, 0) is 45.9 Å². The molecule has 2 nitrogen and oxygen atoms in total. The normalized spacial score (nSPS) is 33.4. The van der Waals surface area contributed by atoms with Crippen LogP contribution in [0.2, 0.25) is 0 Å². The van der Waals surface area contributed by atoms with E-state index in [0.717, 1.165) is 0 Å². The molecule has 2 aliphatic rings. The molecule has 0 radical (unpaired) electrons. The van der Waals surface area contributed by atoms with Crippen LogP contribution in [0, 0.1) is 0 Å². The van der Waals surface area contributed by atoms with Gasteiger partial charge in [0.25, 0.3) is 0 Å². The maximum absolute atomic E-state index is 2.69. The fourth-order valence-electron chi connectivity index (χ4n) is 3.01. The van der Waals surface area contributed by atoms with Crippen molar-refractivity contribution in [2.24, 2.45) is 0 Å². The van der Waals surface area contributed by atoms with E-state index in [1.165, 1.54) is 45.4 Å². The number of hydrogen-bond donors (Lipinski definition) is 0. The maximum atomic E-state index is 2.69. The lowest BCUT2D eigenvalue weighted by Crippen LogP contribution is -2.45. The van der Waals surface area contributed by atoms with Crippen molar-refractivity contribution < 1.29 is 0 Å². The van der Waals surface area contributed by atoms with Gasteiger partial charge in [0, 0.05) is 12.1 Å². The smallest absolute Gasteiger partial charge is 0.0348 e. The predicted octanol–water partition coefficient (Wildman–Crippen LogP) is 2.20. The molecule has 2 saturated heterocycles. The van der Waals surface area contributed by atoms with Crippen LogP contribution in [0.4, 0.5) is 0 Å². The topological polar surface area (TPSA) is 6.48 Å². The number of likely N-dealkylation sites (N-methyl/N-ethyl adjacent to an activating group) is 2. The summed E-state index contributed by atoms with van der Waals surface area (Å²) in [7, 11) is 2.25. The van der Waals surface area contributed by atoms with Crippen molar-refractivity contribution in [3.8, 4) is 0 Å². The Morgan fingerprint density at radius 1 is 1.14 bits per heavy atom. The summed E-state index contributed by atoms with van der Waals surface area (Å²) in [6, 6.07) is 0. The Morgan fingerprint density at radius 3 is 2.36 bits per heavy atom. The summed E-state index contributed by atoms with van der Waals surface area (Å²) >= 11 is 0. The first-order valence-corrected chi connectivity index (χ1v) is 6.20. The Kier molecular flexibility index (Phi) is 4.39. The molecule has 0 aliphatic carbocycles. The summed E-state index contributed by atoms with van der Waals surface area (Å²) in [6.45, 7) is 11.5. The van der Waals surface area contributed by atoms with Gasteiger partial charge in [0.15, 0.2) is 0 Å². The third-order valence-electron chi connectivity index (χ3n) is 3.65. The second-order valence-electron chi connectivity index (χ2n) is 4.40. The summed E-state index contributed by atoms with van der Waals surface area (Å²) in [5.41, 5.74) is 0.587. The van der Waals surface area contributed by atoms with Crippen molar-refractivity contribution in [1.82, 2.24) is 9.80 Å². The van der Waals surface area contributed by atoms with E-state index in [4.69, 9.17) is 0 Å². The van der Waals surface area contributed by atoms with E-state index in [2.05, 4.69) is 23.8 Å². The summed E-state index contributed by atoms with van der Waals surface area (Å²) in [5.74, 6) is 0. The minimum atomic E-state index is 0.587. The first-order valence-electron chi connectivity index (χ1n) is 6.20. The highest BCUT2D eigenvalue weighted by Gasteiger charge is 2.43. The van der Waals surface area contributed by atoms with Gasteiger partial charge in [0.05, 0.1) is 0 Å². The lowest BCUT2D eigenvalue weighted by atomic mass is 9.95. The third-order valence-corrected chi connectivity index (χ3v) is 3.65. The van der Waals surface area contributed by atoms with Gasteiger partial charge in [0.1, 0.15) is 0 Å². The van der Waals surface area contributed by atoms with Gasteiger partial charge in [-0.15, -0.1) is 0 Å². The molecular weight excluding hydrogens is 172 g/mol. The zero-order valence-corrected chi connectivity index (χ0v) is 10.3. The third kappa shape index (κ3) is 2.12. The van der Waals surface area contributed by atoms with Crippen LogP contribution in [-0.4, -0.2) is 48.6 Å². The van der Waals surface area contributed by atoms with E-state index in [-0.39, 0.29) is 0 Å². The first-order chi connectivity index (χ1) is 6.77. The Labute approximate surface area is 89.3 Å². The van der Waals surface area contributed by atoms with Crippen molar-refractivity contribution in [3.05, 3.63) is 0 Å². The van der Waals surface area contributed by atoms with Gasteiger partial charge in [-0.25, -0.2) is 0 Å². The van der Waals surface area contributed by atoms with Gasteiger partial charge >= 0.3 is 0 Å². The molecule has 14 heavy (non-hydrogen) atoms. The largest absolute Gasteiger partial charge is 0.304 e. The molecule has 2 fully saturated rings. The average molecular weight is 198 g/mol. The van der Waals surface area contributed by atoms with Crippen LogP contribution in [0.1, 0.15) is 40.0 Å². The van der Waals surface area contributed by atoms with Crippen LogP contribution < -0.4 is 0 Å².